The van der Waals surface area contributed by atoms with Crippen LogP contribution >= 0.6 is 11.3 Å². The van der Waals surface area contributed by atoms with Crippen LogP contribution < -0.4 is 10.6 Å². The number of rotatable bonds is 14. The van der Waals surface area contributed by atoms with Crippen LogP contribution in [-0.2, 0) is 14.4 Å². The molecule has 0 spiro atoms. The number of thiazole rings is 1. The van der Waals surface area contributed by atoms with Gasteiger partial charge in [0.25, 0.3) is 0 Å². The van der Waals surface area contributed by atoms with Crippen molar-refractivity contribution in [3.63, 3.8) is 0 Å². The van der Waals surface area contributed by atoms with Gasteiger partial charge in [-0.2, -0.15) is 0 Å². The average Bonchev–Trinajstić information content (AvgIpc) is 3.31. The van der Waals surface area contributed by atoms with E-state index in [4.69, 9.17) is 0 Å². The second-order valence-electron chi connectivity index (χ2n) is 8.72. The molecule has 32 heavy (non-hydrogen) atoms. The summed E-state index contributed by atoms with van der Waals surface area (Å²) in [4.78, 5) is 41.8. The minimum Gasteiger partial charge on any atom is -0.344 e. The molecule has 0 bridgehead atoms. The molecule has 0 aromatic carbocycles. The van der Waals surface area contributed by atoms with E-state index in [0.29, 0.717) is 41.8 Å². The maximum atomic E-state index is 13.5. The number of hydrogen-bond donors (Lipinski definition) is 3. The molecule has 0 radical (unpaired) electrons. The number of nitrogens with one attached hydrogen (secondary N) is 2. The van der Waals surface area contributed by atoms with Crippen LogP contribution in [0.4, 0.5) is 5.13 Å². The van der Waals surface area contributed by atoms with Crippen molar-refractivity contribution in [3.05, 3.63) is 11.6 Å². The van der Waals surface area contributed by atoms with Crippen molar-refractivity contribution in [2.24, 2.45) is 11.8 Å². The van der Waals surface area contributed by atoms with Crippen molar-refractivity contribution < 1.29 is 19.6 Å². The highest BCUT2D eigenvalue weighted by atomic mass is 32.1. The van der Waals surface area contributed by atoms with E-state index in [0.717, 1.165) is 44.9 Å². The number of carbonyl (C=O) groups excluding carboxylic acids is 3. The summed E-state index contributed by atoms with van der Waals surface area (Å²) in [6.45, 7) is 4.00. The Balaban J connectivity index is 2.18. The highest BCUT2D eigenvalue weighted by Crippen LogP contribution is 2.32. The molecule has 8 nitrogen and oxygen atoms in total. The lowest BCUT2D eigenvalue weighted by atomic mass is 9.79. The molecule has 1 saturated carbocycles. The fraction of sp³-hybridized carbons (Fsp3) is 0.739. The SMILES string of the molecule is CCCC[C@H](NC(=O)[C@H](CC1CCCCC1)[C@H](CCC)N(O)C=O)C(=O)Nc1nccs1. The first-order valence-corrected chi connectivity index (χ1v) is 12.8. The van der Waals surface area contributed by atoms with Crippen LogP contribution in [0.2, 0.25) is 0 Å². The topological polar surface area (TPSA) is 112 Å². The van der Waals surface area contributed by atoms with Gasteiger partial charge in [0.15, 0.2) is 5.13 Å². The molecule has 0 saturated heterocycles. The first-order chi connectivity index (χ1) is 15.5. The Morgan fingerprint density at radius 3 is 2.56 bits per heavy atom. The molecule has 3 N–H and O–H groups in total. The molecule has 3 atom stereocenters. The lowest BCUT2D eigenvalue weighted by molar-refractivity contribution is -0.169. The standard InChI is InChI=1S/C23H38N4O4S/c1-3-5-12-19(22(30)26-23-24-13-14-32-23)25-21(29)18(15-17-10-7-6-8-11-17)20(9-4-2)27(31)16-28/h13-14,16-20,31H,3-12,15H2,1-2H3,(H,25,29)(H,24,26,30)/t18-,19+,20+/m1/s1. The molecule has 0 aliphatic heterocycles. The van der Waals surface area contributed by atoms with E-state index in [-0.39, 0.29) is 11.8 Å². The number of carbonyl (C=O) groups is 3. The molecule has 180 valence electrons. The van der Waals surface area contributed by atoms with Crippen molar-refractivity contribution in [1.29, 1.82) is 0 Å². The molecule has 1 aliphatic carbocycles. The van der Waals surface area contributed by atoms with Crippen LogP contribution in [0.3, 0.4) is 0 Å². The van der Waals surface area contributed by atoms with Gasteiger partial charge >= 0.3 is 0 Å². The fourth-order valence-corrected chi connectivity index (χ4v) is 5.08. The summed E-state index contributed by atoms with van der Waals surface area (Å²) in [6, 6.07) is -1.29. The molecule has 3 amide bonds. The smallest absolute Gasteiger partial charge is 0.248 e. The lowest BCUT2D eigenvalue weighted by Gasteiger charge is -2.34. The highest BCUT2D eigenvalue weighted by molar-refractivity contribution is 7.13. The normalized spacial score (nSPS) is 17.2. The van der Waals surface area contributed by atoms with E-state index in [1.165, 1.54) is 17.8 Å². The van der Waals surface area contributed by atoms with Gasteiger partial charge in [0.05, 0.1) is 12.0 Å². The van der Waals surface area contributed by atoms with Crippen molar-refractivity contribution >= 4 is 34.7 Å². The van der Waals surface area contributed by atoms with Crippen molar-refractivity contribution in [1.82, 2.24) is 15.4 Å². The molecule has 1 heterocycles. The van der Waals surface area contributed by atoms with Crippen molar-refractivity contribution in [3.8, 4) is 0 Å². The summed E-state index contributed by atoms with van der Waals surface area (Å²) < 4.78 is 0. The Bertz CT molecular complexity index is 694. The maximum Gasteiger partial charge on any atom is 0.248 e. The van der Waals surface area contributed by atoms with Gasteiger partial charge in [0.1, 0.15) is 6.04 Å². The van der Waals surface area contributed by atoms with Gasteiger partial charge in [-0.15, -0.1) is 11.3 Å². The summed E-state index contributed by atoms with van der Waals surface area (Å²) in [5.74, 6) is -0.742. The minimum atomic E-state index is -0.689. The summed E-state index contributed by atoms with van der Waals surface area (Å²) in [5, 5.41) is 18.9. The molecule has 9 heteroatoms. The largest absolute Gasteiger partial charge is 0.344 e. The van der Waals surface area contributed by atoms with Crippen molar-refractivity contribution in [2.45, 2.75) is 96.6 Å². The number of anilines is 1. The van der Waals surface area contributed by atoms with E-state index < -0.39 is 18.0 Å². The zero-order valence-electron chi connectivity index (χ0n) is 19.3. The van der Waals surface area contributed by atoms with Crippen molar-refractivity contribution in [2.75, 3.05) is 5.32 Å². The fourth-order valence-electron chi connectivity index (χ4n) is 4.55. The molecular formula is C23H38N4O4S. The molecule has 1 fully saturated rings. The Morgan fingerprint density at radius 1 is 1.22 bits per heavy atom. The van der Waals surface area contributed by atoms with E-state index in [1.807, 2.05) is 13.8 Å². The number of unbranched alkanes of at least 4 members (excludes halogenated alkanes) is 1. The number of hydrogen-bond acceptors (Lipinski definition) is 6. The number of hydroxylamine groups is 2. The Kier molecular flexibility index (Phi) is 11.7. The third-order valence-electron chi connectivity index (χ3n) is 6.29. The van der Waals surface area contributed by atoms with E-state index >= 15 is 0 Å². The molecule has 0 unspecified atom stereocenters. The summed E-state index contributed by atoms with van der Waals surface area (Å²) in [5.41, 5.74) is 0. The molecule has 1 aromatic rings. The van der Waals surface area contributed by atoms with Gasteiger partial charge in [-0.05, 0) is 25.2 Å². The predicted molar refractivity (Wildman–Crippen MR) is 125 cm³/mol. The second-order valence-corrected chi connectivity index (χ2v) is 9.61. The van der Waals surface area contributed by atoms with Crippen LogP contribution in [0.1, 0.15) is 84.5 Å². The lowest BCUT2D eigenvalue weighted by Crippen LogP contribution is -2.51. The van der Waals surface area contributed by atoms with Gasteiger partial charge in [-0.3, -0.25) is 19.6 Å². The summed E-state index contributed by atoms with van der Waals surface area (Å²) in [7, 11) is 0. The monoisotopic (exact) mass is 466 g/mol. The highest BCUT2D eigenvalue weighted by Gasteiger charge is 2.36. The number of aromatic nitrogens is 1. The van der Waals surface area contributed by atoms with E-state index in [2.05, 4.69) is 15.6 Å². The van der Waals surface area contributed by atoms with Crippen LogP contribution in [-0.4, -0.2) is 45.6 Å². The van der Waals surface area contributed by atoms with E-state index in [9.17, 15) is 19.6 Å². The van der Waals surface area contributed by atoms with Gasteiger partial charge in [-0.1, -0.05) is 65.2 Å². The van der Waals surface area contributed by atoms with Crippen LogP contribution in [0.5, 0.6) is 0 Å². The molecule has 1 aromatic heterocycles. The zero-order chi connectivity index (χ0) is 23.3. The van der Waals surface area contributed by atoms with Gasteiger partial charge in [0.2, 0.25) is 18.2 Å². The molecule has 2 rings (SSSR count). The average molecular weight is 467 g/mol. The molecular weight excluding hydrogens is 428 g/mol. The minimum absolute atomic E-state index is 0.273. The third kappa shape index (κ3) is 8.16. The van der Waals surface area contributed by atoms with E-state index in [1.54, 1.807) is 11.6 Å². The number of amides is 3. The Labute approximate surface area is 195 Å². The summed E-state index contributed by atoms with van der Waals surface area (Å²) >= 11 is 1.33. The Morgan fingerprint density at radius 2 is 1.97 bits per heavy atom. The number of nitrogens with zero attached hydrogens (tertiary/aromatic N) is 2. The first kappa shape index (κ1) is 26.3. The van der Waals surface area contributed by atoms with Gasteiger partial charge < -0.3 is 10.6 Å². The van der Waals surface area contributed by atoms with Gasteiger partial charge in [0, 0.05) is 11.6 Å². The third-order valence-corrected chi connectivity index (χ3v) is 6.98. The first-order valence-electron chi connectivity index (χ1n) is 11.9. The second kappa shape index (κ2) is 14.2. The Hall–Kier alpha value is -2.00. The van der Waals surface area contributed by atoms with Crippen LogP contribution in [0, 0.1) is 11.8 Å². The quantitative estimate of drug-likeness (QED) is 0.214. The molecule has 1 aliphatic rings. The van der Waals surface area contributed by atoms with Crippen LogP contribution in [0.15, 0.2) is 11.6 Å². The van der Waals surface area contributed by atoms with Gasteiger partial charge in [-0.25, -0.2) is 10.0 Å². The predicted octanol–water partition coefficient (Wildman–Crippen LogP) is 4.36. The van der Waals surface area contributed by atoms with Crippen LogP contribution in [0.25, 0.3) is 0 Å². The summed E-state index contributed by atoms with van der Waals surface area (Å²) in [6.07, 6.45) is 11.7. The zero-order valence-corrected chi connectivity index (χ0v) is 20.1. The maximum absolute atomic E-state index is 13.5.